The van der Waals surface area contributed by atoms with Crippen molar-refractivity contribution in [1.82, 2.24) is 10.0 Å². The van der Waals surface area contributed by atoms with Crippen molar-refractivity contribution in [1.29, 1.82) is 0 Å². The summed E-state index contributed by atoms with van der Waals surface area (Å²) in [6.07, 6.45) is 0. The van der Waals surface area contributed by atoms with Gasteiger partial charge in [0.2, 0.25) is 15.8 Å². The molecule has 0 radical (unpaired) electrons. The summed E-state index contributed by atoms with van der Waals surface area (Å²) >= 11 is 0. The molecule has 0 aliphatic heterocycles. The fourth-order valence-electron chi connectivity index (χ4n) is 1.30. The fourth-order valence-corrected chi connectivity index (χ4v) is 2.61. The molecule has 19 heavy (non-hydrogen) atoms. The van der Waals surface area contributed by atoms with E-state index in [4.69, 9.17) is 0 Å². The number of likely N-dealkylation sites (N-methyl/N-ethyl adjacent to an activating group) is 1. The van der Waals surface area contributed by atoms with Crippen molar-refractivity contribution in [2.75, 3.05) is 13.6 Å². The molecule has 1 aromatic carbocycles. The Kier molecular flexibility index (Phi) is 4.92. The van der Waals surface area contributed by atoms with Gasteiger partial charge in [-0.15, -0.1) is 0 Å². The van der Waals surface area contributed by atoms with E-state index >= 15 is 0 Å². The maximum atomic E-state index is 13.3. The lowest BCUT2D eigenvalue weighted by Crippen LogP contribution is -2.37. The minimum absolute atomic E-state index is 0.0342. The van der Waals surface area contributed by atoms with Gasteiger partial charge in [0.05, 0.1) is 4.92 Å². The van der Waals surface area contributed by atoms with Crippen LogP contribution in [-0.4, -0.2) is 33.0 Å². The molecule has 0 saturated heterocycles. The number of hydrogen-bond acceptors (Lipinski definition) is 5. The highest BCUT2D eigenvalue weighted by molar-refractivity contribution is 7.89. The minimum atomic E-state index is -4.14. The molecule has 0 fully saturated rings. The summed E-state index contributed by atoms with van der Waals surface area (Å²) in [6, 6.07) is 2.78. The Morgan fingerprint density at radius 1 is 1.47 bits per heavy atom. The standard InChI is InChI=1S/C10H14FN3O4S/c1-7(12-2)6-13-19(17,18)9-5-3-4-8(11)10(9)14(15)16/h3-5,7,12-13H,6H2,1-2H3. The molecule has 0 bridgehead atoms. The molecule has 9 heteroatoms. The molecule has 106 valence electrons. The van der Waals surface area contributed by atoms with E-state index < -0.39 is 31.3 Å². The van der Waals surface area contributed by atoms with Crippen LogP contribution in [0.15, 0.2) is 23.1 Å². The summed E-state index contributed by atoms with van der Waals surface area (Å²) in [7, 11) is -2.49. The smallest absolute Gasteiger partial charge is 0.316 e. The lowest BCUT2D eigenvalue weighted by Gasteiger charge is -2.12. The Morgan fingerprint density at radius 2 is 2.11 bits per heavy atom. The van der Waals surface area contributed by atoms with Gasteiger partial charge >= 0.3 is 5.69 Å². The van der Waals surface area contributed by atoms with E-state index in [2.05, 4.69) is 10.0 Å². The molecule has 1 atom stereocenters. The lowest BCUT2D eigenvalue weighted by molar-refractivity contribution is -0.390. The van der Waals surface area contributed by atoms with Crippen molar-refractivity contribution in [3.63, 3.8) is 0 Å². The highest BCUT2D eigenvalue weighted by Gasteiger charge is 2.29. The van der Waals surface area contributed by atoms with E-state index in [9.17, 15) is 22.9 Å². The van der Waals surface area contributed by atoms with Crippen LogP contribution >= 0.6 is 0 Å². The van der Waals surface area contributed by atoms with Crippen LogP contribution in [0.1, 0.15) is 6.92 Å². The second-order valence-electron chi connectivity index (χ2n) is 3.89. The van der Waals surface area contributed by atoms with Gasteiger partial charge in [0.25, 0.3) is 0 Å². The zero-order chi connectivity index (χ0) is 14.6. The van der Waals surface area contributed by atoms with Gasteiger partial charge in [-0.2, -0.15) is 4.39 Å². The predicted octanol–water partition coefficient (Wildman–Crippen LogP) is 0.620. The van der Waals surface area contributed by atoms with Gasteiger partial charge in [0, 0.05) is 12.6 Å². The Balaban J connectivity index is 3.15. The summed E-state index contributed by atoms with van der Waals surface area (Å²) in [4.78, 5) is 9.01. The number of para-hydroxylation sites is 1. The van der Waals surface area contributed by atoms with Crippen LogP contribution in [0.5, 0.6) is 0 Å². The Labute approximate surface area is 110 Å². The zero-order valence-corrected chi connectivity index (χ0v) is 11.2. The van der Waals surface area contributed by atoms with Gasteiger partial charge in [-0.1, -0.05) is 6.07 Å². The molecule has 2 N–H and O–H groups in total. The first kappa shape index (κ1) is 15.5. The second-order valence-corrected chi connectivity index (χ2v) is 5.62. The maximum absolute atomic E-state index is 13.3. The van der Waals surface area contributed by atoms with Crippen molar-refractivity contribution in [2.45, 2.75) is 17.9 Å². The highest BCUT2D eigenvalue weighted by Crippen LogP contribution is 2.26. The van der Waals surface area contributed by atoms with Crippen LogP contribution in [0.2, 0.25) is 0 Å². The van der Waals surface area contributed by atoms with E-state index in [1.165, 1.54) is 0 Å². The molecular weight excluding hydrogens is 277 g/mol. The number of nitro benzene ring substituents is 1. The maximum Gasteiger partial charge on any atom is 0.324 e. The van der Waals surface area contributed by atoms with Crippen LogP contribution in [0.4, 0.5) is 10.1 Å². The molecule has 0 heterocycles. The molecule has 0 aromatic heterocycles. The van der Waals surface area contributed by atoms with E-state index in [0.29, 0.717) is 0 Å². The van der Waals surface area contributed by atoms with Gasteiger partial charge in [0.15, 0.2) is 4.90 Å². The summed E-state index contributed by atoms with van der Waals surface area (Å²) < 4.78 is 39.4. The van der Waals surface area contributed by atoms with E-state index in [0.717, 1.165) is 18.2 Å². The van der Waals surface area contributed by atoms with E-state index in [1.807, 2.05) is 0 Å². The van der Waals surface area contributed by atoms with Crippen LogP contribution in [0.25, 0.3) is 0 Å². The Morgan fingerprint density at radius 3 is 2.63 bits per heavy atom. The molecule has 0 aliphatic rings. The molecule has 1 unspecified atom stereocenters. The number of halogens is 1. The molecule has 0 saturated carbocycles. The normalized spacial score (nSPS) is 13.2. The third kappa shape index (κ3) is 3.69. The molecule has 1 rings (SSSR count). The lowest BCUT2D eigenvalue weighted by atomic mass is 10.3. The second kappa shape index (κ2) is 6.04. The average molecular weight is 291 g/mol. The number of nitro groups is 1. The third-order valence-electron chi connectivity index (χ3n) is 2.49. The van der Waals surface area contributed by atoms with E-state index in [1.54, 1.807) is 14.0 Å². The minimum Gasteiger partial charge on any atom is -0.316 e. The number of nitrogens with one attached hydrogen (secondary N) is 2. The first-order valence-electron chi connectivity index (χ1n) is 5.39. The van der Waals surface area contributed by atoms with Gasteiger partial charge in [-0.3, -0.25) is 10.1 Å². The molecule has 1 aromatic rings. The number of rotatable bonds is 6. The first-order valence-corrected chi connectivity index (χ1v) is 6.87. The topological polar surface area (TPSA) is 101 Å². The van der Waals surface area contributed by atoms with Crippen molar-refractivity contribution in [3.8, 4) is 0 Å². The molecular formula is C10H14FN3O4S. The van der Waals surface area contributed by atoms with Crippen molar-refractivity contribution in [3.05, 3.63) is 34.1 Å². The fraction of sp³-hybridized carbons (Fsp3) is 0.400. The van der Waals surface area contributed by atoms with Gasteiger partial charge in [-0.25, -0.2) is 13.1 Å². The first-order chi connectivity index (χ1) is 8.79. The number of nitrogens with zero attached hydrogens (tertiary/aromatic N) is 1. The SMILES string of the molecule is CNC(C)CNS(=O)(=O)c1cccc(F)c1[N+](=O)[O-]. The quantitative estimate of drug-likeness (QED) is 0.591. The highest BCUT2D eigenvalue weighted by atomic mass is 32.2. The van der Waals surface area contributed by atoms with Gasteiger partial charge in [0.1, 0.15) is 0 Å². The zero-order valence-electron chi connectivity index (χ0n) is 10.4. The monoisotopic (exact) mass is 291 g/mol. The van der Waals surface area contributed by atoms with Crippen molar-refractivity contribution >= 4 is 15.7 Å². The van der Waals surface area contributed by atoms with Crippen LogP contribution in [0, 0.1) is 15.9 Å². The Hall–Kier alpha value is -1.58. The van der Waals surface area contributed by atoms with Crippen molar-refractivity contribution in [2.24, 2.45) is 0 Å². The molecule has 0 aliphatic carbocycles. The summed E-state index contributed by atoms with van der Waals surface area (Å²) in [5.41, 5.74) is -1.05. The van der Waals surface area contributed by atoms with Gasteiger partial charge < -0.3 is 5.32 Å². The molecule has 0 spiro atoms. The summed E-state index contributed by atoms with van der Waals surface area (Å²) in [5.74, 6) is -1.19. The largest absolute Gasteiger partial charge is 0.324 e. The summed E-state index contributed by atoms with van der Waals surface area (Å²) in [6.45, 7) is 1.76. The van der Waals surface area contributed by atoms with Crippen LogP contribution in [0.3, 0.4) is 0 Å². The molecule has 7 nitrogen and oxygen atoms in total. The average Bonchev–Trinajstić information content (AvgIpc) is 2.35. The van der Waals surface area contributed by atoms with Gasteiger partial charge in [-0.05, 0) is 26.1 Å². The number of sulfonamides is 1. The third-order valence-corrected chi connectivity index (χ3v) is 3.95. The molecule has 0 amide bonds. The van der Waals surface area contributed by atoms with Crippen LogP contribution < -0.4 is 10.0 Å². The van der Waals surface area contributed by atoms with Crippen LogP contribution in [-0.2, 0) is 10.0 Å². The van der Waals surface area contributed by atoms with Crippen molar-refractivity contribution < 1.29 is 17.7 Å². The summed E-state index contributed by atoms with van der Waals surface area (Å²) in [5, 5.41) is 13.5. The van der Waals surface area contributed by atoms with E-state index in [-0.39, 0.29) is 12.6 Å². The Bertz CT molecular complexity index is 576. The number of benzene rings is 1. The number of hydrogen-bond donors (Lipinski definition) is 2. The predicted molar refractivity (Wildman–Crippen MR) is 66.8 cm³/mol.